The van der Waals surface area contributed by atoms with Crippen LogP contribution in [-0.2, 0) is 6.42 Å². The van der Waals surface area contributed by atoms with Crippen LogP contribution in [0.5, 0.6) is 0 Å². The highest BCUT2D eigenvalue weighted by atomic mass is 16.1. The molecule has 0 atom stereocenters. The molecule has 0 fully saturated rings. The number of nitrogens with zero attached hydrogens (tertiary/aromatic N) is 3. The van der Waals surface area contributed by atoms with E-state index >= 15 is 0 Å². The van der Waals surface area contributed by atoms with Crippen molar-refractivity contribution >= 4 is 6.29 Å². The Morgan fingerprint density at radius 2 is 2.12 bits per heavy atom. The first-order valence-corrected chi connectivity index (χ1v) is 5.07. The van der Waals surface area contributed by atoms with E-state index in [2.05, 4.69) is 15.0 Å². The molecule has 2 heterocycles. The molecule has 0 aromatic carbocycles. The van der Waals surface area contributed by atoms with Crippen molar-refractivity contribution in [1.82, 2.24) is 15.0 Å². The molecular formula is C12H11N3O. The average Bonchev–Trinajstić information content (AvgIpc) is 2.38. The summed E-state index contributed by atoms with van der Waals surface area (Å²) in [4.78, 5) is 23.2. The Balaban J connectivity index is 2.53. The second kappa shape index (κ2) is 4.61. The number of aromatic nitrogens is 3. The molecule has 2 aromatic heterocycles. The zero-order valence-electron chi connectivity index (χ0n) is 8.92. The van der Waals surface area contributed by atoms with E-state index in [1.54, 1.807) is 18.5 Å². The number of rotatable bonds is 3. The van der Waals surface area contributed by atoms with Crippen LogP contribution >= 0.6 is 0 Å². The molecule has 16 heavy (non-hydrogen) atoms. The van der Waals surface area contributed by atoms with Crippen LogP contribution < -0.4 is 0 Å². The van der Waals surface area contributed by atoms with E-state index in [1.807, 2.05) is 19.1 Å². The number of hydrogen-bond acceptors (Lipinski definition) is 4. The number of pyridine rings is 1. The molecule has 2 rings (SSSR count). The van der Waals surface area contributed by atoms with Gasteiger partial charge in [0, 0.05) is 12.4 Å². The minimum atomic E-state index is 0.373. The first-order chi connectivity index (χ1) is 7.85. The van der Waals surface area contributed by atoms with Crippen molar-refractivity contribution in [3.05, 3.63) is 41.9 Å². The monoisotopic (exact) mass is 213 g/mol. The summed E-state index contributed by atoms with van der Waals surface area (Å²) in [5.74, 6) is 0.502. The highest BCUT2D eigenvalue weighted by Crippen LogP contribution is 2.17. The van der Waals surface area contributed by atoms with Gasteiger partial charge < -0.3 is 0 Å². The second-order valence-electron chi connectivity index (χ2n) is 3.29. The molecule has 0 bridgehead atoms. The Bertz CT molecular complexity index is 511. The fourth-order valence-corrected chi connectivity index (χ4v) is 1.48. The van der Waals surface area contributed by atoms with Gasteiger partial charge in [-0.3, -0.25) is 9.78 Å². The van der Waals surface area contributed by atoms with Crippen LogP contribution in [0.3, 0.4) is 0 Å². The summed E-state index contributed by atoms with van der Waals surface area (Å²) >= 11 is 0. The van der Waals surface area contributed by atoms with Gasteiger partial charge in [-0.15, -0.1) is 0 Å². The molecule has 0 aliphatic heterocycles. The SMILES string of the molecule is CCc1cccnc1-c1nccc(C=O)n1. The maximum atomic E-state index is 10.6. The van der Waals surface area contributed by atoms with Gasteiger partial charge in [-0.1, -0.05) is 13.0 Å². The standard InChI is InChI=1S/C12H11N3O/c1-2-9-4-3-6-13-11(9)12-14-7-5-10(8-16)15-12/h3-8H,2H2,1H3. The molecule has 4 nitrogen and oxygen atoms in total. The van der Waals surface area contributed by atoms with Crippen LogP contribution in [0.2, 0.25) is 0 Å². The Kier molecular flexibility index (Phi) is 3.00. The summed E-state index contributed by atoms with van der Waals surface area (Å²) in [6.07, 6.45) is 4.84. The summed E-state index contributed by atoms with van der Waals surface area (Å²) in [7, 11) is 0. The lowest BCUT2D eigenvalue weighted by Crippen LogP contribution is -1.98. The Hall–Kier alpha value is -2.10. The van der Waals surface area contributed by atoms with Gasteiger partial charge in [-0.2, -0.15) is 0 Å². The van der Waals surface area contributed by atoms with E-state index in [0.717, 1.165) is 17.7 Å². The maximum absolute atomic E-state index is 10.6. The van der Waals surface area contributed by atoms with Gasteiger partial charge in [0.2, 0.25) is 0 Å². The van der Waals surface area contributed by atoms with Crippen LogP contribution in [0.25, 0.3) is 11.5 Å². The van der Waals surface area contributed by atoms with Gasteiger partial charge in [-0.25, -0.2) is 9.97 Å². The van der Waals surface area contributed by atoms with Crippen LogP contribution in [0, 0.1) is 0 Å². The molecule has 0 N–H and O–H groups in total. The van der Waals surface area contributed by atoms with E-state index in [9.17, 15) is 4.79 Å². The summed E-state index contributed by atoms with van der Waals surface area (Å²) in [6.45, 7) is 2.05. The second-order valence-corrected chi connectivity index (χ2v) is 3.29. The lowest BCUT2D eigenvalue weighted by molar-refractivity contribution is 0.111. The van der Waals surface area contributed by atoms with Crippen molar-refractivity contribution in [3.8, 4) is 11.5 Å². The average molecular weight is 213 g/mol. The third-order valence-electron chi connectivity index (χ3n) is 2.28. The molecule has 4 heteroatoms. The summed E-state index contributed by atoms with van der Waals surface area (Å²) < 4.78 is 0. The topological polar surface area (TPSA) is 55.7 Å². The van der Waals surface area contributed by atoms with Crippen molar-refractivity contribution in [2.24, 2.45) is 0 Å². The van der Waals surface area contributed by atoms with Crippen molar-refractivity contribution in [2.75, 3.05) is 0 Å². The molecule has 0 aliphatic rings. The van der Waals surface area contributed by atoms with Gasteiger partial charge in [-0.05, 0) is 24.1 Å². The number of aryl methyl sites for hydroxylation is 1. The van der Waals surface area contributed by atoms with Crippen molar-refractivity contribution in [3.63, 3.8) is 0 Å². The highest BCUT2D eigenvalue weighted by Gasteiger charge is 2.07. The Morgan fingerprint density at radius 3 is 2.88 bits per heavy atom. The molecule has 0 amide bonds. The largest absolute Gasteiger partial charge is 0.296 e. The molecule has 2 aromatic rings. The predicted octanol–water partition coefficient (Wildman–Crippen LogP) is 1.91. The van der Waals surface area contributed by atoms with Gasteiger partial charge >= 0.3 is 0 Å². The van der Waals surface area contributed by atoms with Crippen LogP contribution in [0.4, 0.5) is 0 Å². The summed E-state index contributed by atoms with van der Waals surface area (Å²) in [5, 5.41) is 0. The predicted molar refractivity (Wildman–Crippen MR) is 60.0 cm³/mol. The van der Waals surface area contributed by atoms with Gasteiger partial charge in [0.1, 0.15) is 11.4 Å². The minimum Gasteiger partial charge on any atom is -0.296 e. The molecule has 80 valence electrons. The first kappa shape index (κ1) is 10.4. The minimum absolute atomic E-state index is 0.373. The molecule has 0 saturated carbocycles. The molecule has 0 radical (unpaired) electrons. The van der Waals surface area contributed by atoms with Crippen molar-refractivity contribution in [1.29, 1.82) is 0 Å². The molecule has 0 unspecified atom stereocenters. The third-order valence-corrected chi connectivity index (χ3v) is 2.28. The molecule has 0 aliphatic carbocycles. The van der Waals surface area contributed by atoms with E-state index in [-0.39, 0.29) is 0 Å². The number of carbonyl (C=O) groups is 1. The number of aldehydes is 1. The molecule has 0 saturated heterocycles. The fourth-order valence-electron chi connectivity index (χ4n) is 1.48. The smallest absolute Gasteiger partial charge is 0.179 e. The Labute approximate surface area is 93.4 Å². The zero-order chi connectivity index (χ0) is 11.4. The number of hydrogen-bond donors (Lipinski definition) is 0. The molecular weight excluding hydrogens is 202 g/mol. The molecule has 0 spiro atoms. The van der Waals surface area contributed by atoms with Crippen molar-refractivity contribution < 1.29 is 4.79 Å². The van der Waals surface area contributed by atoms with Crippen LogP contribution in [0.15, 0.2) is 30.6 Å². The summed E-state index contributed by atoms with van der Waals surface area (Å²) in [5.41, 5.74) is 2.19. The lowest BCUT2D eigenvalue weighted by atomic mass is 10.1. The fraction of sp³-hybridized carbons (Fsp3) is 0.167. The zero-order valence-corrected chi connectivity index (χ0v) is 8.92. The van der Waals surface area contributed by atoms with Gasteiger partial charge in [0.15, 0.2) is 12.1 Å². The quantitative estimate of drug-likeness (QED) is 0.731. The highest BCUT2D eigenvalue weighted by molar-refractivity contribution is 5.72. The van der Waals surface area contributed by atoms with E-state index in [0.29, 0.717) is 17.8 Å². The van der Waals surface area contributed by atoms with Crippen LogP contribution in [-0.4, -0.2) is 21.2 Å². The maximum Gasteiger partial charge on any atom is 0.179 e. The first-order valence-electron chi connectivity index (χ1n) is 5.07. The lowest BCUT2D eigenvalue weighted by Gasteiger charge is -2.04. The third kappa shape index (κ3) is 1.95. The summed E-state index contributed by atoms with van der Waals surface area (Å²) in [6, 6.07) is 5.44. The normalized spacial score (nSPS) is 10.1. The van der Waals surface area contributed by atoms with Gasteiger partial charge in [0.25, 0.3) is 0 Å². The van der Waals surface area contributed by atoms with E-state index in [1.165, 1.54) is 0 Å². The van der Waals surface area contributed by atoms with Crippen molar-refractivity contribution in [2.45, 2.75) is 13.3 Å². The number of carbonyl (C=O) groups excluding carboxylic acids is 1. The van der Waals surface area contributed by atoms with E-state index in [4.69, 9.17) is 0 Å². The van der Waals surface area contributed by atoms with Crippen LogP contribution in [0.1, 0.15) is 23.0 Å². The Morgan fingerprint density at radius 1 is 1.25 bits per heavy atom. The van der Waals surface area contributed by atoms with E-state index < -0.39 is 0 Å². The van der Waals surface area contributed by atoms with Gasteiger partial charge in [0.05, 0.1) is 0 Å².